The van der Waals surface area contributed by atoms with E-state index in [0.717, 1.165) is 69.9 Å². The predicted molar refractivity (Wildman–Crippen MR) is 195 cm³/mol. The number of allylic oxidation sites excluding steroid dienone is 2. The highest BCUT2D eigenvalue weighted by atomic mass is 16.6. The molecule has 2 aromatic rings. The molecule has 7 rings (SSSR count). The maximum Gasteiger partial charge on any atom is 0.409 e. The average Bonchev–Trinajstić information content (AvgIpc) is 3.50. The van der Waals surface area contributed by atoms with Gasteiger partial charge in [-0.2, -0.15) is 0 Å². The van der Waals surface area contributed by atoms with Crippen LogP contribution in [0.1, 0.15) is 55.7 Å². The average molecular weight is 642 g/mol. The van der Waals surface area contributed by atoms with E-state index in [-0.39, 0.29) is 6.09 Å². The molecule has 5 aliphatic rings. The standard InChI is InChI=1S/C20H31N3O2.C20H28N2/c1-4-25-20(24)23-9-7-18(8-10-23)21-11-13-22(14-12-21)19-15-16(2)5-6-17(19)3;1-16-4-2-3-5-20(16)22-12-10-21(11-13-22)15-19-9-7-17-6-8-18(19)14-17/h5-6,15,18H,4,7-14H2,1-3H3;2-6,8,17-19H,7,9-15H2,1H3. The van der Waals surface area contributed by atoms with Crippen molar-refractivity contribution in [2.24, 2.45) is 17.8 Å². The van der Waals surface area contributed by atoms with Gasteiger partial charge in [-0.1, -0.05) is 42.5 Å². The van der Waals surface area contributed by atoms with Gasteiger partial charge in [-0.05, 0) is 106 Å². The van der Waals surface area contributed by atoms with Crippen molar-refractivity contribution in [2.45, 2.75) is 65.8 Å². The molecule has 0 spiro atoms. The summed E-state index contributed by atoms with van der Waals surface area (Å²) in [6.45, 7) is 21.1. The molecule has 1 amide bonds. The third-order valence-corrected chi connectivity index (χ3v) is 11.6. The van der Waals surface area contributed by atoms with Crippen LogP contribution in [-0.2, 0) is 4.74 Å². The lowest BCUT2D eigenvalue weighted by atomic mass is 9.79. The zero-order valence-electron chi connectivity index (χ0n) is 29.6. The zero-order chi connectivity index (χ0) is 32.8. The van der Waals surface area contributed by atoms with Gasteiger partial charge in [0, 0.05) is 89.4 Å². The van der Waals surface area contributed by atoms with Crippen molar-refractivity contribution in [1.82, 2.24) is 14.7 Å². The monoisotopic (exact) mass is 641 g/mol. The second kappa shape index (κ2) is 15.9. The molecule has 1 saturated carbocycles. The van der Waals surface area contributed by atoms with Crippen molar-refractivity contribution in [2.75, 3.05) is 88.4 Å². The van der Waals surface area contributed by atoms with Gasteiger partial charge in [-0.25, -0.2) is 4.79 Å². The van der Waals surface area contributed by atoms with Crippen molar-refractivity contribution in [3.8, 4) is 0 Å². The lowest BCUT2D eigenvalue weighted by molar-refractivity contribution is 0.0729. The molecule has 0 aromatic heterocycles. The van der Waals surface area contributed by atoms with Crippen LogP contribution in [0.3, 0.4) is 0 Å². The smallest absolute Gasteiger partial charge is 0.409 e. The topological polar surface area (TPSA) is 42.5 Å². The molecule has 7 nitrogen and oxygen atoms in total. The van der Waals surface area contributed by atoms with Gasteiger partial charge in [-0.15, -0.1) is 0 Å². The minimum atomic E-state index is -0.152. The summed E-state index contributed by atoms with van der Waals surface area (Å²) >= 11 is 0. The van der Waals surface area contributed by atoms with Gasteiger partial charge in [0.2, 0.25) is 0 Å². The van der Waals surface area contributed by atoms with E-state index in [9.17, 15) is 4.79 Å². The van der Waals surface area contributed by atoms with Gasteiger partial charge in [0.15, 0.2) is 0 Å². The van der Waals surface area contributed by atoms with Gasteiger partial charge in [0.05, 0.1) is 6.61 Å². The lowest BCUT2D eigenvalue weighted by Gasteiger charge is -2.43. The number of ether oxygens (including phenoxy) is 1. The molecule has 0 N–H and O–H groups in total. The van der Waals surface area contributed by atoms with E-state index < -0.39 is 0 Å². The maximum atomic E-state index is 11.8. The third-order valence-electron chi connectivity index (χ3n) is 11.6. The van der Waals surface area contributed by atoms with E-state index in [2.05, 4.69) is 95.0 Å². The van der Waals surface area contributed by atoms with Crippen LogP contribution in [0.4, 0.5) is 16.2 Å². The molecule has 2 aliphatic carbocycles. The number of rotatable bonds is 6. The highest BCUT2D eigenvalue weighted by Crippen LogP contribution is 2.41. The molecule has 3 aliphatic heterocycles. The number of likely N-dealkylation sites (tertiary alicyclic amines) is 1. The first-order valence-corrected chi connectivity index (χ1v) is 18.6. The summed E-state index contributed by atoms with van der Waals surface area (Å²) in [4.78, 5) is 24.1. The molecule has 2 aromatic carbocycles. The fraction of sp³-hybridized carbons (Fsp3) is 0.625. The summed E-state index contributed by atoms with van der Waals surface area (Å²) in [6, 6.07) is 16.1. The van der Waals surface area contributed by atoms with E-state index in [1.54, 1.807) is 0 Å². The quantitative estimate of drug-likeness (QED) is 0.325. The van der Waals surface area contributed by atoms with Crippen LogP contribution in [0.25, 0.3) is 0 Å². The number of anilines is 2. The van der Waals surface area contributed by atoms with Crippen LogP contribution in [0.2, 0.25) is 0 Å². The Bertz CT molecular complexity index is 1340. The summed E-state index contributed by atoms with van der Waals surface area (Å²) in [5.74, 6) is 2.72. The van der Waals surface area contributed by atoms with Crippen molar-refractivity contribution in [3.63, 3.8) is 0 Å². The van der Waals surface area contributed by atoms with Crippen LogP contribution < -0.4 is 9.80 Å². The summed E-state index contributed by atoms with van der Waals surface area (Å²) < 4.78 is 5.11. The Labute approximate surface area is 284 Å². The van der Waals surface area contributed by atoms with Crippen LogP contribution >= 0.6 is 0 Å². The summed E-state index contributed by atoms with van der Waals surface area (Å²) in [7, 11) is 0. The summed E-state index contributed by atoms with van der Waals surface area (Å²) in [6.07, 6.45) is 11.3. The number of aryl methyl sites for hydroxylation is 3. The summed E-state index contributed by atoms with van der Waals surface area (Å²) in [5.41, 5.74) is 6.92. The molecule has 2 bridgehead atoms. The number of nitrogens with zero attached hydrogens (tertiary/aromatic N) is 5. The van der Waals surface area contributed by atoms with E-state index in [1.165, 1.54) is 80.1 Å². The number of carbonyl (C=O) groups is 1. The number of piperidine rings is 1. The van der Waals surface area contributed by atoms with Gasteiger partial charge in [0.25, 0.3) is 0 Å². The SMILES string of the molecule is CCOC(=O)N1CCC(N2CCN(c3cc(C)ccc3C)CC2)CC1.Cc1ccccc1N1CCN(CC2CCC3C=CC2C3)CC1. The summed E-state index contributed by atoms with van der Waals surface area (Å²) in [5, 5.41) is 0. The Morgan fingerprint density at radius 2 is 1.43 bits per heavy atom. The molecule has 47 heavy (non-hydrogen) atoms. The number of para-hydroxylation sites is 1. The predicted octanol–water partition coefficient (Wildman–Crippen LogP) is 6.77. The van der Waals surface area contributed by atoms with Crippen LogP contribution in [0.5, 0.6) is 0 Å². The van der Waals surface area contributed by atoms with Crippen molar-refractivity contribution < 1.29 is 9.53 Å². The largest absolute Gasteiger partial charge is 0.450 e. The molecular formula is C40H59N5O2. The Morgan fingerprint density at radius 1 is 0.745 bits per heavy atom. The number of amides is 1. The number of benzene rings is 2. The molecule has 3 atom stereocenters. The minimum absolute atomic E-state index is 0.152. The molecule has 0 radical (unpaired) electrons. The van der Waals surface area contributed by atoms with E-state index in [4.69, 9.17) is 4.74 Å². The Kier molecular flexibility index (Phi) is 11.5. The fourth-order valence-corrected chi connectivity index (χ4v) is 8.68. The third kappa shape index (κ3) is 8.53. The van der Waals surface area contributed by atoms with Gasteiger partial charge in [0.1, 0.15) is 0 Å². The molecule has 256 valence electrons. The molecule has 3 heterocycles. The zero-order valence-corrected chi connectivity index (χ0v) is 29.6. The van der Waals surface area contributed by atoms with E-state index in [1.807, 2.05) is 11.8 Å². The van der Waals surface area contributed by atoms with Gasteiger partial charge >= 0.3 is 6.09 Å². The van der Waals surface area contributed by atoms with E-state index in [0.29, 0.717) is 12.6 Å². The molecule has 7 heteroatoms. The first-order valence-electron chi connectivity index (χ1n) is 18.6. The number of hydrogen-bond donors (Lipinski definition) is 0. The molecule has 3 saturated heterocycles. The van der Waals surface area contributed by atoms with Crippen molar-refractivity contribution >= 4 is 17.5 Å². The highest BCUT2D eigenvalue weighted by Gasteiger charge is 2.33. The van der Waals surface area contributed by atoms with Crippen molar-refractivity contribution in [3.05, 3.63) is 71.3 Å². The maximum absolute atomic E-state index is 11.8. The second-order valence-corrected chi connectivity index (χ2v) is 14.7. The normalized spacial score (nSPS) is 25.4. The Morgan fingerprint density at radius 3 is 2.15 bits per heavy atom. The van der Waals surface area contributed by atoms with Crippen molar-refractivity contribution in [1.29, 1.82) is 0 Å². The molecule has 4 fully saturated rings. The first kappa shape index (κ1) is 33.9. The fourth-order valence-electron chi connectivity index (χ4n) is 8.68. The number of carbonyl (C=O) groups excluding carboxylic acids is 1. The highest BCUT2D eigenvalue weighted by molar-refractivity contribution is 5.67. The Hall–Kier alpha value is -3.03. The van der Waals surface area contributed by atoms with E-state index >= 15 is 0 Å². The Balaban J connectivity index is 0.000000165. The number of fused-ring (bicyclic) bond motifs is 2. The van der Waals surface area contributed by atoms with Crippen LogP contribution in [0.15, 0.2) is 54.6 Å². The molecule has 3 unspecified atom stereocenters. The van der Waals surface area contributed by atoms with Gasteiger partial charge < -0.3 is 19.4 Å². The number of piperazine rings is 2. The van der Waals surface area contributed by atoms with Crippen LogP contribution in [-0.4, -0.2) is 105 Å². The minimum Gasteiger partial charge on any atom is -0.450 e. The lowest BCUT2D eigenvalue weighted by Crippen LogP contribution is -2.54. The molecular weight excluding hydrogens is 582 g/mol. The first-order chi connectivity index (χ1) is 22.9. The number of hydrogen-bond acceptors (Lipinski definition) is 6. The second-order valence-electron chi connectivity index (χ2n) is 14.7. The van der Waals surface area contributed by atoms with Crippen LogP contribution in [0, 0.1) is 38.5 Å². The van der Waals surface area contributed by atoms with Gasteiger partial charge in [-0.3, -0.25) is 9.80 Å².